The molecule has 6 heteroatoms. The highest BCUT2D eigenvalue weighted by Crippen LogP contribution is 2.41. The monoisotopic (exact) mass is 428 g/mol. The van der Waals surface area contributed by atoms with Gasteiger partial charge in [-0.2, -0.15) is 0 Å². The number of halogens is 1. The van der Waals surface area contributed by atoms with Crippen LogP contribution in [0.25, 0.3) is 11.3 Å². The second-order valence-electron chi connectivity index (χ2n) is 6.68. The van der Waals surface area contributed by atoms with Gasteiger partial charge in [0.25, 0.3) is 5.91 Å². The minimum atomic E-state index is -0.337. The molecule has 0 saturated heterocycles. The van der Waals surface area contributed by atoms with E-state index in [1.54, 1.807) is 11.3 Å². The maximum Gasteiger partial charge on any atom is 0.256 e. The summed E-state index contributed by atoms with van der Waals surface area (Å²) >= 11 is 5.21. The molecule has 2 N–H and O–H groups in total. The molecule has 1 atom stereocenters. The maximum absolute atomic E-state index is 12.7. The minimum absolute atomic E-state index is 0.00329. The summed E-state index contributed by atoms with van der Waals surface area (Å²) in [6, 6.07) is 11.8. The van der Waals surface area contributed by atoms with E-state index in [0.29, 0.717) is 5.76 Å². The van der Waals surface area contributed by atoms with Crippen LogP contribution in [-0.2, 0) is 12.8 Å². The molecule has 5 rings (SSSR count). The van der Waals surface area contributed by atoms with Crippen LogP contribution in [0.1, 0.15) is 45.6 Å². The number of hydrogen-bond acceptors (Lipinski definition) is 4. The van der Waals surface area contributed by atoms with E-state index in [1.807, 2.05) is 36.4 Å². The van der Waals surface area contributed by atoms with Gasteiger partial charge >= 0.3 is 0 Å². The average molecular weight is 429 g/mol. The summed E-state index contributed by atoms with van der Waals surface area (Å²) < 4.78 is 7.04. The third-order valence-corrected chi connectivity index (χ3v) is 6.69. The van der Waals surface area contributed by atoms with Gasteiger partial charge in [0.2, 0.25) is 0 Å². The minimum Gasteiger partial charge on any atom is -0.457 e. The van der Waals surface area contributed by atoms with Crippen LogP contribution in [-0.4, -0.2) is 5.91 Å². The van der Waals surface area contributed by atoms with Crippen molar-refractivity contribution in [3.63, 3.8) is 0 Å². The molecule has 1 aliphatic heterocycles. The Labute approximate surface area is 163 Å². The van der Waals surface area contributed by atoms with Gasteiger partial charge in [-0.05, 0) is 55.5 Å². The maximum atomic E-state index is 12.7. The molecule has 2 aliphatic rings. The first-order chi connectivity index (χ1) is 12.7. The second-order valence-corrected chi connectivity index (χ2v) is 8.70. The Hall–Kier alpha value is -2.05. The highest BCUT2D eigenvalue weighted by molar-refractivity contribution is 9.10. The molecule has 0 fully saturated rings. The number of hydrogen-bond donors (Lipinski definition) is 2. The number of rotatable bonds is 2. The van der Waals surface area contributed by atoms with Gasteiger partial charge in [0.1, 0.15) is 16.5 Å². The molecule has 3 aromatic rings. The lowest BCUT2D eigenvalue weighted by Gasteiger charge is -2.25. The molecule has 1 amide bonds. The number of benzene rings is 1. The van der Waals surface area contributed by atoms with Crippen molar-refractivity contribution >= 4 is 38.2 Å². The number of anilines is 1. The standard InChI is InChI=1S/C20H17BrN2O2S/c21-12-5-3-4-11(10-12)14-8-9-15(25-14)18-22-19(24)17-13-6-1-2-7-16(13)26-20(17)23-18/h3-5,8-10,18,23H,1-2,6-7H2,(H,22,24)/t18-/m1/s1. The van der Waals surface area contributed by atoms with Crippen molar-refractivity contribution in [2.45, 2.75) is 31.8 Å². The highest BCUT2D eigenvalue weighted by Gasteiger charge is 2.33. The molecule has 1 aliphatic carbocycles. The number of carbonyl (C=O) groups is 1. The third kappa shape index (κ3) is 2.68. The molecular formula is C20H17BrN2O2S. The van der Waals surface area contributed by atoms with Gasteiger partial charge in [0.05, 0.1) is 5.56 Å². The first-order valence-corrected chi connectivity index (χ1v) is 10.4. The Morgan fingerprint density at radius 2 is 2.00 bits per heavy atom. The van der Waals surface area contributed by atoms with Crippen molar-refractivity contribution in [3.8, 4) is 11.3 Å². The molecule has 132 valence electrons. The zero-order chi connectivity index (χ0) is 17.7. The molecule has 0 unspecified atom stereocenters. The van der Waals surface area contributed by atoms with E-state index in [2.05, 4.69) is 26.6 Å². The van der Waals surface area contributed by atoms with E-state index in [1.165, 1.54) is 23.3 Å². The topological polar surface area (TPSA) is 54.3 Å². The number of aryl methyl sites for hydroxylation is 1. The SMILES string of the molecule is O=C1N[C@@H](c2ccc(-c3cccc(Br)c3)o2)Nc2sc3c(c21)CCCC3. The molecule has 0 bridgehead atoms. The Kier molecular flexibility index (Phi) is 3.90. The number of amides is 1. The first-order valence-electron chi connectivity index (χ1n) is 8.76. The van der Waals surface area contributed by atoms with Crippen LogP contribution in [0.2, 0.25) is 0 Å². The van der Waals surface area contributed by atoms with Gasteiger partial charge in [-0.1, -0.05) is 28.1 Å². The summed E-state index contributed by atoms with van der Waals surface area (Å²) in [6.45, 7) is 0. The average Bonchev–Trinajstić information content (AvgIpc) is 3.26. The van der Waals surface area contributed by atoms with E-state index < -0.39 is 0 Å². The summed E-state index contributed by atoms with van der Waals surface area (Å²) in [5.74, 6) is 1.50. The molecule has 0 radical (unpaired) electrons. The van der Waals surface area contributed by atoms with Crippen molar-refractivity contribution < 1.29 is 9.21 Å². The van der Waals surface area contributed by atoms with Crippen LogP contribution in [0, 0.1) is 0 Å². The molecule has 26 heavy (non-hydrogen) atoms. The fourth-order valence-electron chi connectivity index (χ4n) is 3.73. The van der Waals surface area contributed by atoms with Gasteiger partial charge in [-0.3, -0.25) is 4.79 Å². The van der Waals surface area contributed by atoms with Crippen LogP contribution in [0.15, 0.2) is 45.3 Å². The van der Waals surface area contributed by atoms with Crippen molar-refractivity contribution in [2.75, 3.05) is 5.32 Å². The second kappa shape index (κ2) is 6.28. The Bertz CT molecular complexity index is 1010. The number of carbonyl (C=O) groups excluding carboxylic acids is 1. The van der Waals surface area contributed by atoms with Gasteiger partial charge in [-0.15, -0.1) is 11.3 Å². The van der Waals surface area contributed by atoms with E-state index in [9.17, 15) is 4.79 Å². The summed E-state index contributed by atoms with van der Waals surface area (Å²) in [7, 11) is 0. The smallest absolute Gasteiger partial charge is 0.256 e. The van der Waals surface area contributed by atoms with Crippen molar-refractivity contribution in [1.29, 1.82) is 0 Å². The van der Waals surface area contributed by atoms with Gasteiger partial charge in [0.15, 0.2) is 6.17 Å². The molecule has 1 aromatic carbocycles. The van der Waals surface area contributed by atoms with Crippen LogP contribution < -0.4 is 10.6 Å². The van der Waals surface area contributed by atoms with Crippen LogP contribution in [0.3, 0.4) is 0 Å². The molecular weight excluding hydrogens is 412 g/mol. The largest absolute Gasteiger partial charge is 0.457 e. The van der Waals surface area contributed by atoms with E-state index in [0.717, 1.165) is 39.2 Å². The van der Waals surface area contributed by atoms with E-state index in [4.69, 9.17) is 4.42 Å². The molecule has 0 spiro atoms. The zero-order valence-corrected chi connectivity index (χ0v) is 16.4. The van der Waals surface area contributed by atoms with E-state index >= 15 is 0 Å². The first kappa shape index (κ1) is 16.1. The van der Waals surface area contributed by atoms with Crippen molar-refractivity contribution in [3.05, 3.63) is 62.6 Å². The lowest BCUT2D eigenvalue weighted by molar-refractivity contribution is 0.0930. The number of nitrogens with one attached hydrogen (secondary N) is 2. The Morgan fingerprint density at radius 1 is 1.12 bits per heavy atom. The third-order valence-electron chi connectivity index (χ3n) is 4.97. The van der Waals surface area contributed by atoms with Gasteiger partial charge in [0, 0.05) is 14.9 Å². The summed E-state index contributed by atoms with van der Waals surface area (Å²) in [4.78, 5) is 14.1. The quantitative estimate of drug-likeness (QED) is 0.566. The number of fused-ring (bicyclic) bond motifs is 3. The fourth-order valence-corrected chi connectivity index (χ4v) is 5.44. The van der Waals surface area contributed by atoms with Crippen molar-refractivity contribution in [2.24, 2.45) is 0 Å². The lowest BCUT2D eigenvalue weighted by Crippen LogP contribution is -2.38. The van der Waals surface area contributed by atoms with Gasteiger partial charge < -0.3 is 15.1 Å². The fraction of sp³-hybridized carbons (Fsp3) is 0.250. The summed E-state index contributed by atoms with van der Waals surface area (Å²) in [5.41, 5.74) is 3.09. The molecule has 3 heterocycles. The zero-order valence-electron chi connectivity index (χ0n) is 14.0. The highest BCUT2D eigenvalue weighted by atomic mass is 79.9. The molecule has 4 nitrogen and oxygen atoms in total. The normalized spacial score (nSPS) is 18.7. The summed E-state index contributed by atoms with van der Waals surface area (Å²) in [5, 5.41) is 7.49. The Balaban J connectivity index is 1.46. The van der Waals surface area contributed by atoms with E-state index in [-0.39, 0.29) is 12.1 Å². The molecule has 2 aromatic heterocycles. The van der Waals surface area contributed by atoms with Crippen LogP contribution in [0.4, 0.5) is 5.00 Å². The van der Waals surface area contributed by atoms with Crippen molar-refractivity contribution in [1.82, 2.24) is 5.32 Å². The Morgan fingerprint density at radius 3 is 2.88 bits per heavy atom. The number of thiophene rings is 1. The van der Waals surface area contributed by atoms with Crippen LogP contribution >= 0.6 is 27.3 Å². The predicted octanol–water partition coefficient (Wildman–Crippen LogP) is 5.50. The lowest BCUT2D eigenvalue weighted by atomic mass is 9.94. The predicted molar refractivity (Wildman–Crippen MR) is 107 cm³/mol. The van der Waals surface area contributed by atoms with Crippen LogP contribution in [0.5, 0.6) is 0 Å². The number of furan rings is 1. The van der Waals surface area contributed by atoms with Gasteiger partial charge in [-0.25, -0.2) is 0 Å². The molecule has 0 saturated carbocycles. The summed E-state index contributed by atoms with van der Waals surface area (Å²) in [6.07, 6.45) is 4.14.